The number of benzene rings is 2. The van der Waals surface area contributed by atoms with E-state index in [9.17, 15) is 18.7 Å². The van der Waals surface area contributed by atoms with Gasteiger partial charge in [0.15, 0.2) is 5.75 Å². The molecule has 5 nitrogen and oxygen atoms in total. The molecule has 2 aromatic carbocycles. The molecule has 0 atom stereocenters. The fourth-order valence-corrected chi connectivity index (χ4v) is 2.08. The maximum absolute atomic E-state index is 13.0. The minimum atomic E-state index is -1.25. The molecule has 1 aromatic heterocycles. The van der Waals surface area contributed by atoms with Gasteiger partial charge in [-0.2, -0.15) is 5.10 Å². The van der Waals surface area contributed by atoms with E-state index in [1.54, 1.807) is 12.1 Å². The number of nitrogens with zero attached hydrogens (tertiary/aromatic N) is 2. The van der Waals surface area contributed by atoms with Crippen LogP contribution in [0.4, 0.5) is 8.78 Å². The predicted molar refractivity (Wildman–Crippen MR) is 81.2 cm³/mol. The van der Waals surface area contributed by atoms with E-state index in [2.05, 4.69) is 5.10 Å². The topological polar surface area (TPSA) is 64.3 Å². The van der Waals surface area contributed by atoms with Crippen LogP contribution in [-0.2, 0) is 6.61 Å². The van der Waals surface area contributed by atoms with Crippen LogP contribution in [0, 0.1) is 11.6 Å². The minimum absolute atomic E-state index is 0.0651. The van der Waals surface area contributed by atoms with Crippen molar-refractivity contribution in [3.05, 3.63) is 77.6 Å². The van der Waals surface area contributed by atoms with Crippen molar-refractivity contribution in [2.24, 2.45) is 0 Å². The van der Waals surface area contributed by atoms with Gasteiger partial charge in [0.2, 0.25) is 5.69 Å². The van der Waals surface area contributed by atoms with Crippen LogP contribution in [0.5, 0.6) is 5.75 Å². The van der Waals surface area contributed by atoms with Crippen LogP contribution in [-0.4, -0.2) is 20.9 Å². The second-order valence-corrected chi connectivity index (χ2v) is 4.98. The largest absolute Gasteiger partial charge is 0.485 e. The van der Waals surface area contributed by atoms with Gasteiger partial charge >= 0.3 is 5.97 Å². The second-order valence-electron chi connectivity index (χ2n) is 4.98. The molecule has 0 aliphatic rings. The molecule has 3 aromatic rings. The van der Waals surface area contributed by atoms with Crippen molar-refractivity contribution in [3.8, 4) is 11.4 Å². The molecule has 0 bridgehead atoms. The van der Waals surface area contributed by atoms with Crippen molar-refractivity contribution in [3.63, 3.8) is 0 Å². The molecule has 0 unspecified atom stereocenters. The Kier molecular flexibility index (Phi) is 4.24. The van der Waals surface area contributed by atoms with E-state index in [1.807, 2.05) is 0 Å². The summed E-state index contributed by atoms with van der Waals surface area (Å²) in [4.78, 5) is 11.3. The van der Waals surface area contributed by atoms with Gasteiger partial charge < -0.3 is 9.84 Å². The molecular weight excluding hydrogens is 318 g/mol. The van der Waals surface area contributed by atoms with Crippen LogP contribution in [0.2, 0.25) is 0 Å². The van der Waals surface area contributed by atoms with Crippen molar-refractivity contribution in [1.29, 1.82) is 0 Å². The second kappa shape index (κ2) is 6.49. The van der Waals surface area contributed by atoms with Crippen LogP contribution in [0.3, 0.4) is 0 Å². The van der Waals surface area contributed by atoms with E-state index < -0.39 is 11.8 Å². The molecule has 0 aliphatic carbocycles. The lowest BCUT2D eigenvalue weighted by Gasteiger charge is -2.04. The summed E-state index contributed by atoms with van der Waals surface area (Å²) in [5.41, 5.74) is 0.916. The third kappa shape index (κ3) is 3.40. The molecule has 0 aliphatic heterocycles. The van der Waals surface area contributed by atoms with Gasteiger partial charge in [-0.25, -0.2) is 18.3 Å². The lowest BCUT2D eigenvalue weighted by molar-refractivity contribution is 0.0685. The number of carboxylic acids is 1. The highest BCUT2D eigenvalue weighted by Gasteiger charge is 2.18. The van der Waals surface area contributed by atoms with E-state index in [1.165, 1.54) is 47.3 Å². The van der Waals surface area contributed by atoms with E-state index in [4.69, 9.17) is 4.74 Å². The number of hydrogen-bond acceptors (Lipinski definition) is 3. The number of carbonyl (C=O) groups is 1. The average Bonchev–Trinajstić information content (AvgIpc) is 2.99. The first-order chi connectivity index (χ1) is 11.5. The first kappa shape index (κ1) is 15.7. The molecule has 0 fully saturated rings. The highest BCUT2D eigenvalue weighted by Crippen LogP contribution is 2.21. The number of hydrogen-bond donors (Lipinski definition) is 1. The minimum Gasteiger partial charge on any atom is -0.485 e. The number of aromatic nitrogens is 2. The van der Waals surface area contributed by atoms with Gasteiger partial charge in [-0.3, -0.25) is 0 Å². The zero-order valence-electron chi connectivity index (χ0n) is 12.3. The highest BCUT2D eigenvalue weighted by atomic mass is 19.1. The molecule has 0 amide bonds. The molecular formula is C17H12F2N2O3. The number of rotatable bonds is 5. The maximum atomic E-state index is 13.0. The van der Waals surface area contributed by atoms with Gasteiger partial charge in [0, 0.05) is 0 Å². The van der Waals surface area contributed by atoms with Crippen molar-refractivity contribution in [2.75, 3.05) is 0 Å². The Labute approximate surface area is 135 Å². The molecule has 0 radical (unpaired) electrons. The van der Waals surface area contributed by atoms with E-state index >= 15 is 0 Å². The Morgan fingerprint density at radius 2 is 1.62 bits per heavy atom. The molecule has 0 saturated heterocycles. The molecule has 0 spiro atoms. The Morgan fingerprint density at radius 1 is 1.04 bits per heavy atom. The van der Waals surface area contributed by atoms with Gasteiger partial charge in [0.1, 0.15) is 18.2 Å². The Balaban J connectivity index is 1.85. The van der Waals surface area contributed by atoms with Crippen molar-refractivity contribution < 1.29 is 23.4 Å². The Morgan fingerprint density at radius 3 is 2.21 bits per heavy atom. The SMILES string of the molecule is O=C(O)c1nn(-c2ccc(F)cc2)cc1OCc1ccc(F)cc1. The molecule has 0 saturated carbocycles. The van der Waals surface area contributed by atoms with Crippen LogP contribution in [0.25, 0.3) is 5.69 Å². The van der Waals surface area contributed by atoms with Crippen molar-refractivity contribution in [2.45, 2.75) is 6.61 Å². The van der Waals surface area contributed by atoms with E-state index in [0.717, 1.165) is 0 Å². The van der Waals surface area contributed by atoms with Gasteiger partial charge in [0.25, 0.3) is 0 Å². The number of carboxylic acid groups (broad SMARTS) is 1. The maximum Gasteiger partial charge on any atom is 0.360 e. The van der Waals surface area contributed by atoms with Crippen molar-refractivity contribution >= 4 is 5.97 Å². The molecule has 7 heteroatoms. The van der Waals surface area contributed by atoms with Crippen LogP contribution < -0.4 is 4.74 Å². The molecule has 3 rings (SSSR count). The first-order valence-corrected chi connectivity index (χ1v) is 6.99. The zero-order chi connectivity index (χ0) is 17.1. The van der Waals surface area contributed by atoms with E-state index in [-0.39, 0.29) is 23.9 Å². The number of aromatic carboxylic acids is 1. The Hall–Kier alpha value is -3.22. The fourth-order valence-electron chi connectivity index (χ4n) is 2.08. The smallest absolute Gasteiger partial charge is 0.360 e. The summed E-state index contributed by atoms with van der Waals surface area (Å²) in [5.74, 6) is -1.95. The summed E-state index contributed by atoms with van der Waals surface area (Å²) in [6, 6.07) is 11.1. The van der Waals surface area contributed by atoms with Gasteiger partial charge in [-0.05, 0) is 42.0 Å². The van der Waals surface area contributed by atoms with Crippen LogP contribution in [0.15, 0.2) is 54.7 Å². The summed E-state index contributed by atoms with van der Waals surface area (Å²) in [5, 5.41) is 13.2. The monoisotopic (exact) mass is 330 g/mol. The molecule has 24 heavy (non-hydrogen) atoms. The summed E-state index contributed by atoms with van der Waals surface area (Å²) in [6.45, 7) is 0.0651. The molecule has 1 N–H and O–H groups in total. The summed E-state index contributed by atoms with van der Waals surface area (Å²) in [7, 11) is 0. The molecule has 1 heterocycles. The quantitative estimate of drug-likeness (QED) is 0.778. The average molecular weight is 330 g/mol. The zero-order valence-corrected chi connectivity index (χ0v) is 12.3. The van der Waals surface area contributed by atoms with Gasteiger partial charge in [-0.1, -0.05) is 12.1 Å². The summed E-state index contributed by atoms with van der Waals surface area (Å²) in [6.07, 6.45) is 1.40. The standard InChI is InChI=1S/C17H12F2N2O3/c18-12-3-1-11(2-4-12)10-24-15-9-21(20-16(15)17(22)23)14-7-5-13(19)6-8-14/h1-9H,10H2,(H,22,23). The number of ether oxygens (including phenoxy) is 1. The highest BCUT2D eigenvalue weighted by molar-refractivity contribution is 5.88. The lowest BCUT2D eigenvalue weighted by Crippen LogP contribution is -2.03. The Bertz CT molecular complexity index is 859. The fraction of sp³-hybridized carbons (Fsp3) is 0.0588. The predicted octanol–water partition coefficient (Wildman–Crippen LogP) is 3.43. The van der Waals surface area contributed by atoms with E-state index in [0.29, 0.717) is 11.3 Å². The van der Waals surface area contributed by atoms with Crippen LogP contribution >= 0.6 is 0 Å². The summed E-state index contributed by atoms with van der Waals surface area (Å²) >= 11 is 0. The third-order valence-corrected chi connectivity index (χ3v) is 3.28. The number of halogens is 2. The lowest BCUT2D eigenvalue weighted by atomic mass is 10.2. The third-order valence-electron chi connectivity index (χ3n) is 3.28. The van der Waals surface area contributed by atoms with Gasteiger partial charge in [-0.15, -0.1) is 0 Å². The summed E-state index contributed by atoms with van der Waals surface area (Å²) < 4.78 is 32.6. The van der Waals surface area contributed by atoms with Crippen molar-refractivity contribution in [1.82, 2.24) is 9.78 Å². The first-order valence-electron chi connectivity index (χ1n) is 6.99. The van der Waals surface area contributed by atoms with Gasteiger partial charge in [0.05, 0.1) is 11.9 Å². The molecule has 122 valence electrons. The van der Waals surface area contributed by atoms with Crippen LogP contribution in [0.1, 0.15) is 16.1 Å². The normalized spacial score (nSPS) is 10.6.